The Morgan fingerprint density at radius 3 is 2.68 bits per heavy atom. The summed E-state index contributed by atoms with van der Waals surface area (Å²) >= 11 is 0. The molecule has 5 rings (SSSR count). The first-order valence-corrected chi connectivity index (χ1v) is 11.2. The van der Waals surface area contributed by atoms with Crippen LogP contribution in [0.15, 0.2) is 85.5 Å². The first-order valence-electron chi connectivity index (χ1n) is 11.2. The average Bonchev–Trinajstić information content (AvgIpc) is 3.49. The molecule has 0 aliphatic rings. The number of rotatable bonds is 8. The molecule has 0 fully saturated rings. The van der Waals surface area contributed by atoms with E-state index in [0.717, 1.165) is 39.6 Å². The first kappa shape index (κ1) is 21.6. The number of aromatic nitrogens is 4. The molecule has 0 aliphatic carbocycles. The lowest BCUT2D eigenvalue weighted by Crippen LogP contribution is -2.30. The van der Waals surface area contributed by atoms with Gasteiger partial charge in [-0.2, -0.15) is 5.10 Å². The third-order valence-corrected chi connectivity index (χ3v) is 5.99. The van der Waals surface area contributed by atoms with Crippen LogP contribution >= 0.6 is 0 Å². The summed E-state index contributed by atoms with van der Waals surface area (Å²) in [6.45, 7) is 0.629. The molecule has 34 heavy (non-hydrogen) atoms. The first-order chi connectivity index (χ1) is 16.6. The van der Waals surface area contributed by atoms with Gasteiger partial charge < -0.3 is 16.0 Å². The smallest absolute Gasteiger partial charge is 0.186 e. The van der Waals surface area contributed by atoms with Crippen LogP contribution in [0.4, 0.5) is 5.82 Å². The zero-order valence-corrected chi connectivity index (χ0v) is 18.9. The molecule has 5 aromatic rings. The van der Waals surface area contributed by atoms with E-state index < -0.39 is 6.04 Å². The van der Waals surface area contributed by atoms with Crippen molar-refractivity contribution in [3.05, 3.63) is 102 Å². The number of aryl methyl sites for hydroxylation is 1. The Bertz CT molecular complexity index is 1420. The van der Waals surface area contributed by atoms with Gasteiger partial charge in [-0.25, -0.2) is 4.98 Å². The van der Waals surface area contributed by atoms with Crippen LogP contribution < -0.4 is 11.1 Å². The van der Waals surface area contributed by atoms with Crippen LogP contribution in [0, 0.1) is 0 Å². The van der Waals surface area contributed by atoms with E-state index in [-0.39, 0.29) is 5.78 Å². The van der Waals surface area contributed by atoms with Crippen molar-refractivity contribution >= 4 is 22.5 Å². The second kappa shape index (κ2) is 9.33. The Balaban J connectivity index is 1.40. The molecule has 1 unspecified atom stereocenters. The predicted molar refractivity (Wildman–Crippen MR) is 134 cm³/mol. The van der Waals surface area contributed by atoms with Gasteiger partial charge in [0.25, 0.3) is 0 Å². The van der Waals surface area contributed by atoms with Gasteiger partial charge in [0.1, 0.15) is 5.82 Å². The number of nitrogens with zero attached hydrogens (tertiary/aromatic N) is 3. The standard InChI is InChI=1S/C27H26N6O/c1-33-17-21(15-32-33)20-8-9-22-23(16-30-24(22)13-20)27(34)26(19-5-3-2-4-6-19)29-12-11-18-7-10-25(28)31-14-18/h2-10,13-17,26,29-30H,11-12H2,1H3,(H2,28,31). The number of carbonyl (C=O) groups is 1. The van der Waals surface area contributed by atoms with Gasteiger partial charge in [-0.05, 0) is 35.2 Å². The van der Waals surface area contributed by atoms with E-state index in [4.69, 9.17) is 5.73 Å². The number of aromatic amines is 1. The van der Waals surface area contributed by atoms with E-state index in [1.807, 2.05) is 74.2 Å². The van der Waals surface area contributed by atoms with Crippen molar-refractivity contribution in [1.29, 1.82) is 0 Å². The third-order valence-electron chi connectivity index (χ3n) is 5.99. The molecule has 7 heteroatoms. The second-order valence-electron chi connectivity index (χ2n) is 8.37. The number of hydrogen-bond donors (Lipinski definition) is 3. The highest BCUT2D eigenvalue weighted by Crippen LogP contribution is 2.28. The number of carbonyl (C=O) groups excluding carboxylic acids is 1. The van der Waals surface area contributed by atoms with Crippen molar-refractivity contribution in [3.63, 3.8) is 0 Å². The van der Waals surface area contributed by atoms with Crippen LogP contribution in [0.1, 0.15) is 27.5 Å². The van der Waals surface area contributed by atoms with Gasteiger partial charge in [0.15, 0.2) is 5.78 Å². The summed E-state index contributed by atoms with van der Waals surface area (Å²) in [6.07, 6.45) is 8.13. The van der Waals surface area contributed by atoms with Gasteiger partial charge in [0.2, 0.25) is 0 Å². The van der Waals surface area contributed by atoms with E-state index in [9.17, 15) is 4.79 Å². The summed E-state index contributed by atoms with van der Waals surface area (Å²) in [5.74, 6) is 0.530. The normalized spacial score (nSPS) is 12.1. The maximum Gasteiger partial charge on any atom is 0.186 e. The highest BCUT2D eigenvalue weighted by atomic mass is 16.1. The fraction of sp³-hybridized carbons (Fsp3) is 0.148. The summed E-state index contributed by atoms with van der Waals surface area (Å²) in [7, 11) is 1.90. The Morgan fingerprint density at radius 1 is 1.09 bits per heavy atom. The van der Waals surface area contributed by atoms with Gasteiger partial charge in [0.05, 0.1) is 12.2 Å². The van der Waals surface area contributed by atoms with E-state index >= 15 is 0 Å². The van der Waals surface area contributed by atoms with E-state index in [0.29, 0.717) is 17.9 Å². The van der Waals surface area contributed by atoms with Crippen molar-refractivity contribution in [3.8, 4) is 11.1 Å². The monoisotopic (exact) mass is 450 g/mol. The van der Waals surface area contributed by atoms with Crippen LogP contribution in [0.5, 0.6) is 0 Å². The second-order valence-corrected chi connectivity index (χ2v) is 8.37. The Labute approximate surface area is 197 Å². The quantitative estimate of drug-likeness (QED) is 0.306. The van der Waals surface area contributed by atoms with Crippen LogP contribution in [-0.4, -0.2) is 32.1 Å². The molecule has 3 heterocycles. The maximum atomic E-state index is 13.7. The van der Waals surface area contributed by atoms with Crippen molar-refractivity contribution in [2.75, 3.05) is 12.3 Å². The number of benzene rings is 2. The van der Waals surface area contributed by atoms with Crippen LogP contribution in [-0.2, 0) is 13.5 Å². The lowest BCUT2D eigenvalue weighted by atomic mass is 9.96. The molecule has 0 saturated carbocycles. The highest BCUT2D eigenvalue weighted by Gasteiger charge is 2.24. The van der Waals surface area contributed by atoms with Crippen molar-refractivity contribution in [1.82, 2.24) is 25.1 Å². The number of nitrogens with two attached hydrogens (primary N) is 1. The number of hydrogen-bond acceptors (Lipinski definition) is 5. The molecule has 0 spiro atoms. The number of H-pyrrole nitrogens is 1. The number of nitrogen functional groups attached to an aromatic ring is 1. The SMILES string of the molecule is Cn1cc(-c2ccc3c(C(=O)C(NCCc4ccc(N)nc4)c4ccccc4)c[nH]c3c2)cn1. The summed E-state index contributed by atoms with van der Waals surface area (Å²) in [6, 6.07) is 19.2. The van der Waals surface area contributed by atoms with Gasteiger partial charge in [-0.1, -0.05) is 48.5 Å². The molecule has 4 N–H and O–H groups in total. The van der Waals surface area contributed by atoms with Gasteiger partial charge in [-0.3, -0.25) is 9.48 Å². The number of fused-ring (bicyclic) bond motifs is 1. The minimum atomic E-state index is -0.458. The average molecular weight is 451 g/mol. The topological polar surface area (TPSA) is 102 Å². The van der Waals surface area contributed by atoms with Gasteiger partial charge >= 0.3 is 0 Å². The molecular weight excluding hydrogens is 424 g/mol. The molecule has 0 amide bonds. The third kappa shape index (κ3) is 4.46. The molecule has 0 aliphatic heterocycles. The molecular formula is C27H26N6O. The fourth-order valence-corrected chi connectivity index (χ4v) is 4.19. The lowest BCUT2D eigenvalue weighted by Gasteiger charge is -2.18. The zero-order chi connectivity index (χ0) is 23.5. The van der Waals surface area contributed by atoms with Crippen molar-refractivity contribution in [2.24, 2.45) is 7.05 Å². The summed E-state index contributed by atoms with van der Waals surface area (Å²) < 4.78 is 1.78. The Morgan fingerprint density at radius 2 is 1.94 bits per heavy atom. The number of nitrogens with one attached hydrogen (secondary N) is 2. The largest absolute Gasteiger partial charge is 0.384 e. The van der Waals surface area contributed by atoms with Gasteiger partial charge in [0, 0.05) is 54.2 Å². The van der Waals surface area contributed by atoms with Crippen LogP contribution in [0.2, 0.25) is 0 Å². The molecule has 0 radical (unpaired) electrons. The minimum absolute atomic E-state index is 0.0296. The maximum absolute atomic E-state index is 13.7. The highest BCUT2D eigenvalue weighted by molar-refractivity contribution is 6.11. The van der Waals surface area contributed by atoms with Crippen molar-refractivity contribution in [2.45, 2.75) is 12.5 Å². The molecule has 0 saturated heterocycles. The summed E-state index contributed by atoms with van der Waals surface area (Å²) in [5.41, 5.74) is 11.4. The van der Waals surface area contributed by atoms with E-state index in [1.54, 1.807) is 16.9 Å². The Kier molecular flexibility index (Phi) is 5.93. The zero-order valence-electron chi connectivity index (χ0n) is 18.9. The molecule has 0 bridgehead atoms. The minimum Gasteiger partial charge on any atom is -0.384 e. The van der Waals surface area contributed by atoms with Crippen molar-refractivity contribution < 1.29 is 4.79 Å². The summed E-state index contributed by atoms with van der Waals surface area (Å²) in [4.78, 5) is 21.2. The molecule has 7 nitrogen and oxygen atoms in total. The van der Waals surface area contributed by atoms with E-state index in [1.165, 1.54) is 0 Å². The van der Waals surface area contributed by atoms with Crippen LogP contribution in [0.3, 0.4) is 0 Å². The van der Waals surface area contributed by atoms with E-state index in [2.05, 4.69) is 26.4 Å². The molecule has 1 atom stereocenters. The Hall–Kier alpha value is -4.23. The number of ketones is 1. The predicted octanol–water partition coefficient (Wildman–Crippen LogP) is 4.30. The number of Topliss-reactive ketones (excluding diaryl/α,β-unsaturated/α-hetero) is 1. The number of anilines is 1. The number of pyridine rings is 1. The molecule has 2 aromatic carbocycles. The molecule has 3 aromatic heterocycles. The van der Waals surface area contributed by atoms with Gasteiger partial charge in [-0.15, -0.1) is 0 Å². The summed E-state index contributed by atoms with van der Waals surface area (Å²) in [5, 5.41) is 8.62. The fourth-order valence-electron chi connectivity index (χ4n) is 4.19. The van der Waals surface area contributed by atoms with Crippen LogP contribution in [0.25, 0.3) is 22.0 Å². The lowest BCUT2D eigenvalue weighted by molar-refractivity contribution is 0.0945. The molecule has 170 valence electrons.